The molecule has 1 rings (SSSR count). The highest BCUT2D eigenvalue weighted by Crippen LogP contribution is 2.18. The maximum absolute atomic E-state index is 10.8. The summed E-state index contributed by atoms with van der Waals surface area (Å²) in [5.41, 5.74) is 0. The highest BCUT2D eigenvalue weighted by Gasteiger charge is 2.17. The summed E-state index contributed by atoms with van der Waals surface area (Å²) < 4.78 is 5.31. The SMILES string of the molecule is CCC[C@H](Oc1ccc(Cl)cc1)C(=O)O. The van der Waals surface area contributed by atoms with Gasteiger partial charge in [-0.15, -0.1) is 0 Å². The molecule has 1 atom stereocenters. The minimum atomic E-state index is -0.938. The molecule has 0 saturated carbocycles. The second-order valence-electron chi connectivity index (χ2n) is 3.19. The second-order valence-corrected chi connectivity index (χ2v) is 3.62. The Balaban J connectivity index is 2.65. The van der Waals surface area contributed by atoms with E-state index in [1.807, 2.05) is 6.92 Å². The number of hydrogen-bond acceptors (Lipinski definition) is 2. The number of carboxylic acids is 1. The predicted octanol–water partition coefficient (Wildman–Crippen LogP) is 2.97. The van der Waals surface area contributed by atoms with Crippen LogP contribution in [0.25, 0.3) is 0 Å². The molecule has 0 radical (unpaired) electrons. The number of carbonyl (C=O) groups is 1. The van der Waals surface area contributed by atoms with Crippen LogP contribution in [0.3, 0.4) is 0 Å². The van der Waals surface area contributed by atoms with Gasteiger partial charge in [-0.1, -0.05) is 24.9 Å². The first-order valence-electron chi connectivity index (χ1n) is 4.78. The van der Waals surface area contributed by atoms with E-state index < -0.39 is 12.1 Å². The summed E-state index contributed by atoms with van der Waals surface area (Å²) in [6.45, 7) is 1.92. The van der Waals surface area contributed by atoms with Crippen molar-refractivity contribution in [2.24, 2.45) is 0 Å². The fraction of sp³-hybridized carbons (Fsp3) is 0.364. The van der Waals surface area contributed by atoms with E-state index in [2.05, 4.69) is 0 Å². The van der Waals surface area contributed by atoms with Crippen molar-refractivity contribution in [3.8, 4) is 5.75 Å². The Morgan fingerprint density at radius 1 is 1.47 bits per heavy atom. The molecule has 0 spiro atoms. The molecule has 0 unspecified atom stereocenters. The fourth-order valence-electron chi connectivity index (χ4n) is 1.17. The summed E-state index contributed by atoms with van der Waals surface area (Å²) in [6, 6.07) is 6.66. The Bertz CT molecular complexity index is 321. The number of benzene rings is 1. The summed E-state index contributed by atoms with van der Waals surface area (Å²) in [5, 5.41) is 9.47. The van der Waals surface area contributed by atoms with Crippen LogP contribution in [0.15, 0.2) is 24.3 Å². The Kier molecular flexibility index (Phi) is 4.43. The lowest BCUT2D eigenvalue weighted by atomic mass is 10.2. The van der Waals surface area contributed by atoms with Crippen LogP contribution < -0.4 is 4.74 Å². The highest BCUT2D eigenvalue weighted by molar-refractivity contribution is 6.30. The average Bonchev–Trinajstić information content (AvgIpc) is 2.20. The smallest absolute Gasteiger partial charge is 0.344 e. The zero-order valence-electron chi connectivity index (χ0n) is 8.44. The third kappa shape index (κ3) is 3.80. The molecule has 4 heteroatoms. The van der Waals surface area contributed by atoms with Crippen molar-refractivity contribution >= 4 is 17.6 Å². The minimum absolute atomic E-state index is 0.498. The Morgan fingerprint density at radius 3 is 2.53 bits per heavy atom. The molecule has 0 aliphatic rings. The normalized spacial score (nSPS) is 12.1. The van der Waals surface area contributed by atoms with Crippen LogP contribution in [0.1, 0.15) is 19.8 Å². The monoisotopic (exact) mass is 228 g/mol. The van der Waals surface area contributed by atoms with Crippen LogP contribution in [0.4, 0.5) is 0 Å². The first kappa shape index (κ1) is 11.9. The zero-order valence-corrected chi connectivity index (χ0v) is 9.20. The highest BCUT2D eigenvalue weighted by atomic mass is 35.5. The van der Waals surface area contributed by atoms with Gasteiger partial charge in [-0.05, 0) is 30.7 Å². The van der Waals surface area contributed by atoms with E-state index in [0.717, 1.165) is 6.42 Å². The summed E-state index contributed by atoms with van der Waals surface area (Å²) in [5.74, 6) is -0.410. The van der Waals surface area contributed by atoms with E-state index in [4.69, 9.17) is 21.4 Å². The van der Waals surface area contributed by atoms with E-state index >= 15 is 0 Å². The van der Waals surface area contributed by atoms with Gasteiger partial charge in [0.1, 0.15) is 5.75 Å². The second kappa shape index (κ2) is 5.61. The van der Waals surface area contributed by atoms with Gasteiger partial charge in [0, 0.05) is 5.02 Å². The summed E-state index contributed by atoms with van der Waals surface area (Å²) in [7, 11) is 0. The molecular weight excluding hydrogens is 216 g/mol. The molecule has 0 heterocycles. The summed E-state index contributed by atoms with van der Waals surface area (Å²) >= 11 is 5.70. The summed E-state index contributed by atoms with van der Waals surface area (Å²) in [4.78, 5) is 10.8. The molecule has 15 heavy (non-hydrogen) atoms. The number of halogens is 1. The Hall–Kier alpha value is -1.22. The average molecular weight is 229 g/mol. The van der Waals surface area contributed by atoms with Gasteiger partial charge in [0.05, 0.1) is 0 Å². The van der Waals surface area contributed by atoms with Gasteiger partial charge in [-0.3, -0.25) is 0 Å². The van der Waals surface area contributed by atoms with Gasteiger partial charge in [-0.2, -0.15) is 0 Å². The minimum Gasteiger partial charge on any atom is -0.479 e. The Labute approximate surface area is 93.6 Å². The third-order valence-electron chi connectivity index (χ3n) is 1.92. The lowest BCUT2D eigenvalue weighted by molar-refractivity contribution is -0.145. The molecule has 0 amide bonds. The van der Waals surface area contributed by atoms with Crippen molar-refractivity contribution in [3.63, 3.8) is 0 Å². The fourth-order valence-corrected chi connectivity index (χ4v) is 1.30. The quantitative estimate of drug-likeness (QED) is 0.843. The van der Waals surface area contributed by atoms with Crippen molar-refractivity contribution in [3.05, 3.63) is 29.3 Å². The molecule has 0 bridgehead atoms. The molecule has 1 N–H and O–H groups in total. The lowest BCUT2D eigenvalue weighted by Gasteiger charge is -2.13. The largest absolute Gasteiger partial charge is 0.479 e. The topological polar surface area (TPSA) is 46.5 Å². The van der Waals surface area contributed by atoms with Gasteiger partial charge < -0.3 is 9.84 Å². The van der Waals surface area contributed by atoms with E-state index in [9.17, 15) is 4.79 Å². The molecule has 0 aliphatic carbocycles. The first-order valence-corrected chi connectivity index (χ1v) is 5.16. The zero-order chi connectivity index (χ0) is 11.3. The number of hydrogen-bond donors (Lipinski definition) is 1. The predicted molar refractivity (Wildman–Crippen MR) is 58.4 cm³/mol. The van der Waals surface area contributed by atoms with E-state index in [0.29, 0.717) is 17.2 Å². The van der Waals surface area contributed by atoms with Crippen LogP contribution >= 0.6 is 11.6 Å². The van der Waals surface area contributed by atoms with Crippen LogP contribution in [0.5, 0.6) is 5.75 Å². The van der Waals surface area contributed by atoms with E-state index in [1.54, 1.807) is 24.3 Å². The molecule has 0 aromatic heterocycles. The van der Waals surface area contributed by atoms with Crippen molar-refractivity contribution in [1.29, 1.82) is 0 Å². The standard InChI is InChI=1S/C11H13ClO3/c1-2-3-10(11(13)14)15-9-6-4-8(12)5-7-9/h4-7,10H,2-3H2,1H3,(H,13,14)/t10-/m0/s1. The number of rotatable bonds is 5. The van der Waals surface area contributed by atoms with Gasteiger partial charge in [0.2, 0.25) is 0 Å². The van der Waals surface area contributed by atoms with Crippen LogP contribution in [0.2, 0.25) is 5.02 Å². The third-order valence-corrected chi connectivity index (χ3v) is 2.17. The van der Waals surface area contributed by atoms with Gasteiger partial charge >= 0.3 is 5.97 Å². The molecule has 0 aliphatic heterocycles. The van der Waals surface area contributed by atoms with E-state index in [-0.39, 0.29) is 0 Å². The van der Waals surface area contributed by atoms with Gasteiger partial charge in [0.15, 0.2) is 6.10 Å². The van der Waals surface area contributed by atoms with Gasteiger partial charge in [0.25, 0.3) is 0 Å². The van der Waals surface area contributed by atoms with Crippen LogP contribution in [0, 0.1) is 0 Å². The van der Waals surface area contributed by atoms with Crippen molar-refractivity contribution < 1.29 is 14.6 Å². The molecule has 1 aromatic carbocycles. The van der Waals surface area contributed by atoms with Gasteiger partial charge in [-0.25, -0.2) is 4.79 Å². The molecule has 1 aromatic rings. The van der Waals surface area contributed by atoms with Crippen LogP contribution in [-0.2, 0) is 4.79 Å². The van der Waals surface area contributed by atoms with Crippen LogP contribution in [-0.4, -0.2) is 17.2 Å². The van der Waals surface area contributed by atoms with Crippen molar-refractivity contribution in [2.45, 2.75) is 25.9 Å². The summed E-state index contributed by atoms with van der Waals surface area (Å²) in [6.07, 6.45) is 0.485. The lowest BCUT2D eigenvalue weighted by Crippen LogP contribution is -2.26. The van der Waals surface area contributed by atoms with Crippen molar-refractivity contribution in [2.75, 3.05) is 0 Å². The molecule has 3 nitrogen and oxygen atoms in total. The number of ether oxygens (including phenoxy) is 1. The molecular formula is C11H13ClO3. The number of aliphatic carboxylic acids is 1. The Morgan fingerprint density at radius 2 is 2.07 bits per heavy atom. The molecule has 0 saturated heterocycles. The molecule has 82 valence electrons. The maximum atomic E-state index is 10.8. The molecule has 0 fully saturated rings. The number of carboxylic acid groups (broad SMARTS) is 1. The maximum Gasteiger partial charge on any atom is 0.344 e. The van der Waals surface area contributed by atoms with E-state index in [1.165, 1.54) is 0 Å². The van der Waals surface area contributed by atoms with Crippen molar-refractivity contribution in [1.82, 2.24) is 0 Å². The first-order chi connectivity index (χ1) is 7.13.